The first-order chi connectivity index (χ1) is 5.70. The number of rotatable bonds is 0. The fourth-order valence-electron chi connectivity index (χ4n) is 1.08. The van der Waals surface area contributed by atoms with E-state index in [2.05, 4.69) is 11.5 Å². The molecule has 0 spiro atoms. The molecule has 1 radical (unpaired) electrons. The Labute approximate surface area is 67.0 Å². The third-order valence-corrected chi connectivity index (χ3v) is 1.64. The molecule has 61 valence electrons. The lowest BCUT2D eigenvalue weighted by molar-refractivity contribution is 0.539. The number of para-hydroxylation sites is 1. The van der Waals surface area contributed by atoms with E-state index in [9.17, 15) is 9.18 Å². The summed E-state index contributed by atoms with van der Waals surface area (Å²) in [5.41, 5.74) is 0.317. The molecule has 1 heterocycles. The zero-order chi connectivity index (χ0) is 8.72. The monoisotopic (exact) mass is 166 g/mol. The van der Waals surface area contributed by atoms with Crippen molar-refractivity contribution in [2.75, 3.05) is 0 Å². The standard InChI is InChI=1S/C8H5FNO2/c1-10-7-5(9)3-2-4-6(7)12-8(10)11/h2-4H,1H2. The first-order valence-electron chi connectivity index (χ1n) is 3.31. The van der Waals surface area contributed by atoms with E-state index in [1.54, 1.807) is 0 Å². The van der Waals surface area contributed by atoms with E-state index in [4.69, 9.17) is 0 Å². The molecule has 2 rings (SSSR count). The van der Waals surface area contributed by atoms with Crippen LogP contribution in [0.1, 0.15) is 0 Å². The summed E-state index contributed by atoms with van der Waals surface area (Å²) in [5, 5.41) is 0. The molecule has 0 aliphatic rings. The van der Waals surface area contributed by atoms with Gasteiger partial charge in [0.1, 0.15) is 5.52 Å². The molecule has 0 saturated heterocycles. The smallest absolute Gasteiger partial charge is 0.408 e. The predicted molar refractivity (Wildman–Crippen MR) is 41.2 cm³/mol. The first-order valence-corrected chi connectivity index (χ1v) is 3.31. The number of oxazole rings is 1. The van der Waals surface area contributed by atoms with Crippen molar-refractivity contribution in [1.29, 1.82) is 0 Å². The number of nitrogens with zero attached hydrogens (tertiary/aromatic N) is 1. The van der Waals surface area contributed by atoms with Gasteiger partial charge in [-0.2, -0.15) is 0 Å². The molecule has 1 aromatic heterocycles. The van der Waals surface area contributed by atoms with Gasteiger partial charge in [-0.15, -0.1) is 0 Å². The second kappa shape index (κ2) is 2.20. The minimum Gasteiger partial charge on any atom is -0.408 e. The highest BCUT2D eigenvalue weighted by molar-refractivity contribution is 5.73. The summed E-state index contributed by atoms with van der Waals surface area (Å²) in [5.74, 6) is -1.16. The van der Waals surface area contributed by atoms with Crippen LogP contribution >= 0.6 is 0 Å². The molecule has 4 heteroatoms. The van der Waals surface area contributed by atoms with E-state index in [0.29, 0.717) is 0 Å². The number of fused-ring (bicyclic) bond motifs is 1. The molecule has 0 atom stereocenters. The Kier molecular flexibility index (Phi) is 1.30. The minimum atomic E-state index is -0.657. The molecule has 12 heavy (non-hydrogen) atoms. The van der Waals surface area contributed by atoms with Crippen molar-refractivity contribution in [2.24, 2.45) is 0 Å². The normalized spacial score (nSPS) is 10.8. The highest BCUT2D eigenvalue weighted by Gasteiger charge is 2.08. The third-order valence-electron chi connectivity index (χ3n) is 1.64. The highest BCUT2D eigenvalue weighted by Crippen LogP contribution is 2.14. The van der Waals surface area contributed by atoms with Crippen molar-refractivity contribution in [3.05, 3.63) is 41.6 Å². The van der Waals surface area contributed by atoms with Crippen LogP contribution in [0.5, 0.6) is 0 Å². The van der Waals surface area contributed by atoms with Gasteiger partial charge in [-0.1, -0.05) is 6.07 Å². The maximum Gasteiger partial charge on any atom is 0.420 e. The first kappa shape index (κ1) is 7.09. The SMILES string of the molecule is [CH2]n1c(=O)oc2cccc(F)c21. The van der Waals surface area contributed by atoms with Gasteiger partial charge in [0.05, 0.1) is 0 Å². The lowest BCUT2D eigenvalue weighted by atomic mass is 10.3. The molecule has 0 fully saturated rings. The van der Waals surface area contributed by atoms with E-state index >= 15 is 0 Å². The summed E-state index contributed by atoms with van der Waals surface area (Å²) in [4.78, 5) is 10.9. The van der Waals surface area contributed by atoms with Crippen molar-refractivity contribution in [2.45, 2.75) is 0 Å². The molecule has 0 unspecified atom stereocenters. The summed E-state index contributed by atoms with van der Waals surface area (Å²) in [7, 11) is 3.34. The molecule has 0 N–H and O–H groups in total. The third kappa shape index (κ3) is 0.777. The maximum atomic E-state index is 13.0. The van der Waals surface area contributed by atoms with E-state index in [0.717, 1.165) is 4.57 Å². The molecular weight excluding hydrogens is 161 g/mol. The van der Waals surface area contributed by atoms with Gasteiger partial charge in [0.15, 0.2) is 11.4 Å². The van der Waals surface area contributed by atoms with Crippen LogP contribution < -0.4 is 5.76 Å². The van der Waals surface area contributed by atoms with Crippen molar-refractivity contribution in [1.82, 2.24) is 4.57 Å². The van der Waals surface area contributed by atoms with Gasteiger partial charge in [-0.3, -0.25) is 4.57 Å². The number of halogens is 1. The Morgan fingerprint density at radius 3 is 2.92 bits per heavy atom. The van der Waals surface area contributed by atoms with Gasteiger partial charge in [0.25, 0.3) is 0 Å². The summed E-state index contributed by atoms with van der Waals surface area (Å²) in [6.45, 7) is 0. The molecule has 0 aliphatic carbocycles. The van der Waals surface area contributed by atoms with Crippen LogP contribution in [0.15, 0.2) is 27.4 Å². The number of benzene rings is 1. The fourth-order valence-corrected chi connectivity index (χ4v) is 1.08. The zero-order valence-electron chi connectivity index (χ0n) is 6.08. The summed E-state index contributed by atoms with van der Waals surface area (Å²) >= 11 is 0. The van der Waals surface area contributed by atoms with Gasteiger partial charge in [0, 0.05) is 7.05 Å². The van der Waals surface area contributed by atoms with Crippen molar-refractivity contribution >= 4 is 11.1 Å². The Bertz CT molecular complexity index is 483. The topological polar surface area (TPSA) is 35.1 Å². The largest absolute Gasteiger partial charge is 0.420 e. The average molecular weight is 166 g/mol. The van der Waals surface area contributed by atoms with Crippen LogP contribution in [0.25, 0.3) is 11.1 Å². The van der Waals surface area contributed by atoms with Gasteiger partial charge < -0.3 is 4.42 Å². The average Bonchev–Trinajstić information content (AvgIpc) is 2.29. The van der Waals surface area contributed by atoms with Gasteiger partial charge >= 0.3 is 5.76 Å². The van der Waals surface area contributed by atoms with Gasteiger partial charge in [-0.05, 0) is 12.1 Å². The molecule has 3 nitrogen and oxygen atoms in total. The number of hydrogen-bond acceptors (Lipinski definition) is 2. The maximum absolute atomic E-state index is 13.0. The quantitative estimate of drug-likeness (QED) is 0.592. The zero-order valence-corrected chi connectivity index (χ0v) is 6.08. The Morgan fingerprint density at radius 2 is 2.25 bits per heavy atom. The minimum absolute atomic E-state index is 0.0995. The van der Waals surface area contributed by atoms with E-state index in [1.165, 1.54) is 18.2 Å². The molecule has 0 amide bonds. The lowest BCUT2D eigenvalue weighted by Gasteiger charge is -1.91. The second-order valence-electron chi connectivity index (χ2n) is 2.38. The van der Waals surface area contributed by atoms with Crippen LogP contribution in [-0.4, -0.2) is 4.57 Å². The van der Waals surface area contributed by atoms with E-state index in [-0.39, 0.29) is 11.1 Å². The van der Waals surface area contributed by atoms with Crippen LogP contribution in [0, 0.1) is 12.9 Å². The fraction of sp³-hybridized carbons (Fsp3) is 0. The highest BCUT2D eigenvalue weighted by atomic mass is 19.1. The number of hydrogen-bond donors (Lipinski definition) is 0. The second-order valence-corrected chi connectivity index (χ2v) is 2.38. The molecule has 1 aromatic carbocycles. The van der Waals surface area contributed by atoms with E-state index in [1.807, 2.05) is 0 Å². The Morgan fingerprint density at radius 1 is 1.50 bits per heavy atom. The molecule has 0 saturated carbocycles. The van der Waals surface area contributed by atoms with E-state index < -0.39 is 11.6 Å². The molecule has 0 aliphatic heterocycles. The lowest BCUT2D eigenvalue weighted by Crippen LogP contribution is -2.07. The summed E-state index contributed by atoms with van der Waals surface area (Å²) in [6.07, 6.45) is 0. The van der Waals surface area contributed by atoms with Crippen molar-refractivity contribution in [3.63, 3.8) is 0 Å². The number of aromatic nitrogens is 1. The molecular formula is C8H5FNO2. The molecule has 0 bridgehead atoms. The van der Waals surface area contributed by atoms with Crippen molar-refractivity contribution in [3.8, 4) is 0 Å². The summed E-state index contributed by atoms with van der Waals surface area (Å²) < 4.78 is 18.6. The Balaban J connectivity index is 3.07. The summed E-state index contributed by atoms with van der Waals surface area (Å²) in [6, 6.07) is 4.24. The van der Waals surface area contributed by atoms with Crippen molar-refractivity contribution < 1.29 is 8.81 Å². The predicted octanol–water partition coefficient (Wildman–Crippen LogP) is 1.37. The van der Waals surface area contributed by atoms with Crippen LogP contribution in [0.3, 0.4) is 0 Å². The van der Waals surface area contributed by atoms with Crippen LogP contribution in [0.2, 0.25) is 0 Å². The van der Waals surface area contributed by atoms with Crippen LogP contribution in [0.4, 0.5) is 4.39 Å². The Hall–Kier alpha value is -1.58. The van der Waals surface area contributed by atoms with Gasteiger partial charge in [-0.25, -0.2) is 9.18 Å². The molecule has 2 aromatic rings. The van der Waals surface area contributed by atoms with Crippen LogP contribution in [-0.2, 0) is 0 Å². The van der Waals surface area contributed by atoms with Gasteiger partial charge in [0.2, 0.25) is 0 Å².